The van der Waals surface area contributed by atoms with Crippen LogP contribution in [0.1, 0.15) is 65.2 Å². The van der Waals surface area contributed by atoms with Crippen LogP contribution in [0.25, 0.3) is 0 Å². The summed E-state index contributed by atoms with van der Waals surface area (Å²) in [5.41, 5.74) is 0. The summed E-state index contributed by atoms with van der Waals surface area (Å²) in [6, 6.07) is 0. The molecule has 102 valence electrons. The standard InChI is InChI=1S/2C6H13.Ba.H3O3P/c2*1-3-5-6-4-2;;1-4(2)3/h2*1,3-6H2,2H3;;1-3H. The van der Waals surface area contributed by atoms with Crippen molar-refractivity contribution >= 4 is 52.8 Å². The van der Waals surface area contributed by atoms with E-state index >= 15 is 0 Å². The van der Waals surface area contributed by atoms with Gasteiger partial charge in [0.1, 0.15) is 0 Å². The minimum atomic E-state index is -2.62. The quantitative estimate of drug-likeness (QED) is 0.302. The average molecular weight is 390 g/mol. The predicted molar refractivity (Wildman–Crippen MR) is 77.2 cm³/mol. The second kappa shape index (κ2) is 20.2. The molecule has 0 aliphatic rings. The summed E-state index contributed by atoms with van der Waals surface area (Å²) in [5.74, 6) is 0. The summed E-state index contributed by atoms with van der Waals surface area (Å²) in [6.07, 6.45) is 11.9. The molecule has 0 aromatic heterocycles. The summed E-state index contributed by atoms with van der Waals surface area (Å²) >= 11 is -0.319. The molecule has 0 aliphatic heterocycles. The Labute approximate surface area is 133 Å². The molecule has 0 rings (SSSR count). The molecule has 17 heavy (non-hydrogen) atoms. The van der Waals surface area contributed by atoms with Gasteiger partial charge in [-0.1, -0.05) is 0 Å². The van der Waals surface area contributed by atoms with Crippen LogP contribution in [0.4, 0.5) is 0 Å². The van der Waals surface area contributed by atoms with Crippen molar-refractivity contribution in [3.8, 4) is 0 Å². The van der Waals surface area contributed by atoms with Crippen molar-refractivity contribution in [2.24, 2.45) is 0 Å². The Morgan fingerprint density at radius 3 is 1.35 bits per heavy atom. The van der Waals surface area contributed by atoms with Gasteiger partial charge in [-0.2, -0.15) is 0 Å². The van der Waals surface area contributed by atoms with E-state index in [1.54, 1.807) is 14.6 Å². The average Bonchev–Trinajstić information content (AvgIpc) is 2.26. The maximum Gasteiger partial charge on any atom is 0.324 e. The molecule has 0 saturated carbocycles. The van der Waals surface area contributed by atoms with Gasteiger partial charge < -0.3 is 14.7 Å². The van der Waals surface area contributed by atoms with Gasteiger partial charge in [0.2, 0.25) is 0 Å². The summed E-state index contributed by atoms with van der Waals surface area (Å²) in [4.78, 5) is 21.7. The predicted octanol–water partition coefficient (Wildman–Crippen LogP) is 3.88. The first-order chi connectivity index (χ1) is 8.15. The van der Waals surface area contributed by atoms with Gasteiger partial charge in [0.25, 0.3) is 0 Å². The van der Waals surface area contributed by atoms with Crippen LogP contribution in [0.15, 0.2) is 0 Å². The van der Waals surface area contributed by atoms with Gasteiger partial charge in [-0.15, -0.1) is 0 Å². The third kappa shape index (κ3) is 31.9. The number of hydrogen-bond acceptors (Lipinski definition) is 3. The number of rotatable bonds is 10. The van der Waals surface area contributed by atoms with E-state index in [2.05, 4.69) is 13.8 Å². The normalized spacial score (nSPS) is 9.76. The summed E-state index contributed by atoms with van der Waals surface area (Å²) < 4.78 is 3.40. The Balaban J connectivity index is 0. The van der Waals surface area contributed by atoms with Crippen molar-refractivity contribution in [3.05, 3.63) is 0 Å². The zero-order chi connectivity index (χ0) is 13.4. The molecule has 0 spiro atoms. The SMILES string of the molecule is CCCCC[CH2][Ba][CH2]CCCCC.OP(O)O. The fourth-order valence-electron chi connectivity index (χ4n) is 1.74. The van der Waals surface area contributed by atoms with Crippen LogP contribution in [0.3, 0.4) is 0 Å². The smallest absolute Gasteiger partial charge is 0.324 e. The first kappa shape index (κ1) is 21.2. The maximum atomic E-state index is 7.23. The molecule has 3 nitrogen and oxygen atoms in total. The zero-order valence-electron chi connectivity index (χ0n) is 11.6. The second-order valence-corrected chi connectivity index (χ2v) is 11.6. The van der Waals surface area contributed by atoms with Crippen LogP contribution in [-0.2, 0) is 0 Å². The summed E-state index contributed by atoms with van der Waals surface area (Å²) in [5, 5.41) is 0. The van der Waals surface area contributed by atoms with Crippen molar-refractivity contribution in [1.29, 1.82) is 0 Å². The molecular weight excluding hydrogens is 360 g/mol. The van der Waals surface area contributed by atoms with Gasteiger partial charge >= 0.3 is 120 Å². The van der Waals surface area contributed by atoms with Crippen molar-refractivity contribution < 1.29 is 14.7 Å². The van der Waals surface area contributed by atoms with Crippen molar-refractivity contribution in [2.45, 2.75) is 67.0 Å². The molecule has 0 radical (unpaired) electrons. The third-order valence-electron chi connectivity index (χ3n) is 2.71. The third-order valence-corrected chi connectivity index (χ3v) is 8.99. The van der Waals surface area contributed by atoms with Crippen molar-refractivity contribution in [1.82, 2.24) is 0 Å². The largest absolute Gasteiger partial charge is 0.328 e. The molecule has 0 aliphatic carbocycles. The van der Waals surface area contributed by atoms with Gasteiger partial charge in [0.05, 0.1) is 0 Å². The minimum absolute atomic E-state index is 0.319. The van der Waals surface area contributed by atoms with Crippen LogP contribution in [0, 0.1) is 0 Å². The second-order valence-electron chi connectivity index (χ2n) is 4.45. The van der Waals surface area contributed by atoms with E-state index in [-0.39, 0.29) is 44.2 Å². The monoisotopic (exact) mass is 390 g/mol. The van der Waals surface area contributed by atoms with E-state index in [1.807, 2.05) is 0 Å². The number of unbranched alkanes of at least 4 members (excludes halogenated alkanes) is 6. The van der Waals surface area contributed by atoms with Gasteiger partial charge in [-0.3, -0.25) is 0 Å². The van der Waals surface area contributed by atoms with Gasteiger partial charge in [0, 0.05) is 0 Å². The molecule has 3 N–H and O–H groups in total. The Kier molecular flexibility index (Phi) is 25.2. The molecule has 0 bridgehead atoms. The van der Waals surface area contributed by atoms with Crippen LogP contribution < -0.4 is 0 Å². The Morgan fingerprint density at radius 1 is 0.706 bits per heavy atom. The summed E-state index contributed by atoms with van der Waals surface area (Å²) in [6.45, 7) is 4.60. The van der Waals surface area contributed by atoms with Crippen LogP contribution in [0.2, 0.25) is 1.78 Å². The molecule has 0 fully saturated rings. The maximum absolute atomic E-state index is 7.23. The fourth-order valence-corrected chi connectivity index (χ4v) is 7.29. The minimum Gasteiger partial charge on any atom is -0.328 e. The molecule has 0 heterocycles. The first-order valence-corrected chi connectivity index (χ1v) is 14.5. The van der Waals surface area contributed by atoms with Gasteiger partial charge in [-0.25, -0.2) is 0 Å². The molecule has 0 atom stereocenters. The van der Waals surface area contributed by atoms with Crippen molar-refractivity contribution in [2.75, 3.05) is 0 Å². The Morgan fingerprint density at radius 2 is 1.06 bits per heavy atom. The molecule has 0 saturated heterocycles. The van der Waals surface area contributed by atoms with E-state index in [0.717, 1.165) is 0 Å². The van der Waals surface area contributed by atoms with E-state index in [9.17, 15) is 0 Å². The van der Waals surface area contributed by atoms with Crippen LogP contribution in [-0.4, -0.2) is 58.9 Å². The zero-order valence-corrected chi connectivity index (χ0v) is 16.9. The number of hydrogen-bond donors (Lipinski definition) is 3. The van der Waals surface area contributed by atoms with Crippen molar-refractivity contribution in [3.63, 3.8) is 0 Å². The molecule has 0 amide bonds. The molecule has 5 heteroatoms. The Hall–Kier alpha value is 1.88. The van der Waals surface area contributed by atoms with Gasteiger partial charge in [0.15, 0.2) is 0 Å². The summed E-state index contributed by atoms with van der Waals surface area (Å²) in [7, 11) is -2.62. The van der Waals surface area contributed by atoms with Crippen LogP contribution >= 0.6 is 8.60 Å². The van der Waals surface area contributed by atoms with Crippen LogP contribution in [0.5, 0.6) is 0 Å². The van der Waals surface area contributed by atoms with E-state index < -0.39 is 8.60 Å². The fraction of sp³-hybridized carbons (Fsp3) is 1.00. The van der Waals surface area contributed by atoms with E-state index in [1.165, 1.54) is 38.5 Å². The van der Waals surface area contributed by atoms with E-state index in [0.29, 0.717) is 0 Å². The topological polar surface area (TPSA) is 60.7 Å². The van der Waals surface area contributed by atoms with E-state index in [4.69, 9.17) is 14.7 Å². The van der Waals surface area contributed by atoms with Gasteiger partial charge in [-0.05, 0) is 0 Å². The molecule has 0 aromatic carbocycles. The molecule has 0 aromatic rings. The first-order valence-electron chi connectivity index (χ1n) is 7.01. The molecular formula is C12H29BaO3P. The Bertz CT molecular complexity index is 114. The molecule has 0 unspecified atom stereocenters.